The molecule has 3 fully saturated rings. The molecule has 3 aliphatic rings. The van der Waals surface area contributed by atoms with Crippen LogP contribution in [0.5, 0.6) is 0 Å². The largest absolute Gasteiger partial charge is 0.364 e. The lowest BCUT2D eigenvalue weighted by Crippen LogP contribution is -2.54. The summed E-state index contributed by atoms with van der Waals surface area (Å²) in [4.78, 5) is 10.4. The lowest BCUT2D eigenvalue weighted by atomic mass is 9.47. The molecule has 25 heavy (non-hydrogen) atoms. The van der Waals surface area contributed by atoms with Gasteiger partial charge in [-0.05, 0) is 65.7 Å². The fourth-order valence-electron chi connectivity index (χ4n) is 3.76. The van der Waals surface area contributed by atoms with Gasteiger partial charge in [-0.15, -0.1) is 0 Å². The summed E-state index contributed by atoms with van der Waals surface area (Å²) in [5.74, 6) is 1.06. The summed E-state index contributed by atoms with van der Waals surface area (Å²) in [6.07, 6.45) is 4.20. The first-order valence-corrected chi connectivity index (χ1v) is 8.74. The molecular formula is C18H22N4O2S. The summed E-state index contributed by atoms with van der Waals surface area (Å²) in [5.41, 5.74) is 6.43. The van der Waals surface area contributed by atoms with E-state index in [2.05, 4.69) is 35.8 Å². The second-order valence-corrected chi connectivity index (χ2v) is 7.63. The van der Waals surface area contributed by atoms with E-state index in [1.165, 1.54) is 17.7 Å². The van der Waals surface area contributed by atoms with Gasteiger partial charge >= 0.3 is 0 Å². The summed E-state index contributed by atoms with van der Waals surface area (Å²) in [7, 11) is 1.76. The topological polar surface area (TPSA) is 79.6 Å². The van der Waals surface area contributed by atoms with Crippen molar-refractivity contribution in [2.24, 2.45) is 22.4 Å². The van der Waals surface area contributed by atoms with E-state index in [0.29, 0.717) is 16.9 Å². The Balaban J connectivity index is 1.90. The van der Waals surface area contributed by atoms with Gasteiger partial charge in [-0.1, -0.05) is 13.8 Å². The van der Waals surface area contributed by atoms with Crippen LogP contribution in [0.1, 0.15) is 32.3 Å². The van der Waals surface area contributed by atoms with Crippen molar-refractivity contribution in [2.45, 2.75) is 26.7 Å². The number of fused-ring (bicyclic) bond motifs is 2. The number of nitrogens with zero attached hydrogens (tertiary/aromatic N) is 2. The van der Waals surface area contributed by atoms with Crippen LogP contribution in [0.15, 0.2) is 34.9 Å². The van der Waals surface area contributed by atoms with Crippen LogP contribution < -0.4 is 10.7 Å². The minimum atomic E-state index is -0.384. The van der Waals surface area contributed by atoms with Crippen molar-refractivity contribution in [1.82, 2.24) is 10.7 Å². The number of benzene rings is 1. The minimum Gasteiger partial charge on any atom is -0.364 e. The Morgan fingerprint density at radius 3 is 2.64 bits per heavy atom. The lowest BCUT2D eigenvalue weighted by Gasteiger charge is -2.57. The summed E-state index contributed by atoms with van der Waals surface area (Å²) in [5, 5.41) is 18.7. The lowest BCUT2D eigenvalue weighted by molar-refractivity contribution is -0.384. The molecule has 0 aromatic heterocycles. The highest BCUT2D eigenvalue weighted by Crippen LogP contribution is 2.59. The van der Waals surface area contributed by atoms with Crippen molar-refractivity contribution in [3.8, 4) is 0 Å². The maximum atomic E-state index is 10.8. The molecule has 2 bridgehead atoms. The van der Waals surface area contributed by atoms with Crippen LogP contribution in [-0.4, -0.2) is 22.8 Å². The van der Waals surface area contributed by atoms with Gasteiger partial charge in [-0.3, -0.25) is 15.5 Å². The van der Waals surface area contributed by atoms with E-state index >= 15 is 0 Å². The van der Waals surface area contributed by atoms with Gasteiger partial charge in [0.2, 0.25) is 0 Å². The molecule has 0 radical (unpaired) electrons. The van der Waals surface area contributed by atoms with E-state index < -0.39 is 0 Å². The molecule has 6 nitrogen and oxygen atoms in total. The van der Waals surface area contributed by atoms with E-state index in [1.807, 2.05) is 0 Å². The highest BCUT2D eigenvalue weighted by Gasteiger charge is 2.54. The van der Waals surface area contributed by atoms with Gasteiger partial charge in [0, 0.05) is 25.1 Å². The van der Waals surface area contributed by atoms with Gasteiger partial charge in [0.05, 0.1) is 10.6 Å². The summed E-state index contributed by atoms with van der Waals surface area (Å²) < 4.78 is 0. The third-order valence-corrected chi connectivity index (χ3v) is 5.84. The molecule has 2 atom stereocenters. The maximum Gasteiger partial charge on any atom is 0.269 e. The van der Waals surface area contributed by atoms with Gasteiger partial charge in [-0.2, -0.15) is 5.10 Å². The molecular weight excluding hydrogens is 336 g/mol. The molecule has 1 aromatic rings. The molecule has 0 spiro atoms. The zero-order valence-corrected chi connectivity index (χ0v) is 15.4. The molecule has 1 aromatic carbocycles. The number of rotatable bonds is 3. The number of hydrazone groups is 1. The van der Waals surface area contributed by atoms with Crippen molar-refractivity contribution in [1.29, 1.82) is 0 Å². The average molecular weight is 358 g/mol. The zero-order valence-electron chi connectivity index (χ0n) is 14.6. The van der Waals surface area contributed by atoms with Crippen molar-refractivity contribution in [2.75, 3.05) is 7.05 Å². The first kappa shape index (κ1) is 17.5. The molecule has 2 N–H and O–H groups in total. The number of hydrogen-bond donors (Lipinski definition) is 2. The maximum absolute atomic E-state index is 10.8. The molecule has 2 unspecified atom stereocenters. The average Bonchev–Trinajstić information content (AvgIpc) is 2.60. The number of thiocarbonyl (C=S) groups is 1. The van der Waals surface area contributed by atoms with Gasteiger partial charge in [0.1, 0.15) is 0 Å². The minimum absolute atomic E-state index is 0.102. The van der Waals surface area contributed by atoms with Crippen LogP contribution in [0.4, 0.5) is 5.69 Å². The summed E-state index contributed by atoms with van der Waals surface area (Å²) in [6, 6.07) is 6.62. The van der Waals surface area contributed by atoms with Crippen LogP contribution in [0.25, 0.3) is 6.08 Å². The fraction of sp³-hybridized carbons (Fsp3) is 0.444. The molecule has 3 saturated carbocycles. The van der Waals surface area contributed by atoms with Gasteiger partial charge in [-0.25, -0.2) is 0 Å². The normalized spacial score (nSPS) is 26.8. The number of hydrogen-bond acceptors (Lipinski definition) is 4. The van der Waals surface area contributed by atoms with Crippen molar-refractivity contribution in [3.63, 3.8) is 0 Å². The van der Waals surface area contributed by atoms with Gasteiger partial charge in [0.25, 0.3) is 5.69 Å². The number of non-ortho nitro benzene ring substituents is 1. The Labute approximate surface area is 152 Å². The van der Waals surface area contributed by atoms with E-state index in [1.54, 1.807) is 19.2 Å². The smallest absolute Gasteiger partial charge is 0.269 e. The predicted molar refractivity (Wildman–Crippen MR) is 103 cm³/mol. The van der Waals surface area contributed by atoms with Crippen LogP contribution in [0, 0.1) is 27.4 Å². The van der Waals surface area contributed by atoms with Crippen LogP contribution in [0.3, 0.4) is 0 Å². The quantitative estimate of drug-likeness (QED) is 0.491. The monoisotopic (exact) mass is 358 g/mol. The van der Waals surface area contributed by atoms with Crippen molar-refractivity contribution >= 4 is 34.8 Å². The SMILES string of the molecule is CNC(=S)N/N=C1\C(=C\c2ccc([N+](=O)[O-])cc2)CC2CC1C2(C)C. The predicted octanol–water partition coefficient (Wildman–Crippen LogP) is 3.49. The molecule has 0 aliphatic heterocycles. The first-order valence-electron chi connectivity index (χ1n) is 8.33. The highest BCUT2D eigenvalue weighted by molar-refractivity contribution is 7.80. The standard InChI is InChI=1S/C18H22N4O2S/c1-18(2)13-9-12(8-11-4-6-14(7-5-11)22(23)24)16(15(18)10-13)20-21-17(25)19-3/h4-8,13,15H,9-10H2,1-3H3,(H2,19,21,25)/b12-8+,20-16+. The molecule has 3 aliphatic carbocycles. The van der Waals surface area contributed by atoms with Crippen LogP contribution in [-0.2, 0) is 0 Å². The van der Waals surface area contributed by atoms with E-state index in [9.17, 15) is 10.1 Å². The van der Waals surface area contributed by atoms with E-state index in [4.69, 9.17) is 12.2 Å². The Morgan fingerprint density at radius 1 is 1.40 bits per heavy atom. The molecule has 7 heteroatoms. The molecule has 4 rings (SSSR count). The molecule has 132 valence electrons. The fourth-order valence-corrected chi connectivity index (χ4v) is 3.81. The van der Waals surface area contributed by atoms with Gasteiger partial charge < -0.3 is 5.32 Å². The zero-order chi connectivity index (χ0) is 18.2. The summed E-state index contributed by atoms with van der Waals surface area (Å²) >= 11 is 5.13. The second kappa shape index (κ2) is 6.55. The second-order valence-electron chi connectivity index (χ2n) is 7.22. The van der Waals surface area contributed by atoms with Crippen molar-refractivity contribution < 1.29 is 4.92 Å². The third kappa shape index (κ3) is 3.28. The number of nitro groups is 1. The Kier molecular flexibility index (Phi) is 4.60. The Bertz CT molecular complexity index is 768. The molecule has 0 heterocycles. The first-order chi connectivity index (χ1) is 11.8. The Morgan fingerprint density at radius 2 is 2.08 bits per heavy atom. The third-order valence-electron chi connectivity index (χ3n) is 5.55. The van der Waals surface area contributed by atoms with Crippen molar-refractivity contribution in [3.05, 3.63) is 45.5 Å². The summed E-state index contributed by atoms with van der Waals surface area (Å²) in [6.45, 7) is 4.58. The molecule has 0 saturated heterocycles. The van der Waals surface area contributed by atoms with Crippen LogP contribution >= 0.6 is 12.2 Å². The molecule has 0 amide bonds. The van der Waals surface area contributed by atoms with Gasteiger partial charge in [0.15, 0.2) is 5.11 Å². The van der Waals surface area contributed by atoms with E-state index in [0.717, 1.165) is 24.1 Å². The number of nitrogens with one attached hydrogen (secondary N) is 2. The van der Waals surface area contributed by atoms with E-state index in [-0.39, 0.29) is 16.0 Å². The van der Waals surface area contributed by atoms with Crippen LogP contribution in [0.2, 0.25) is 0 Å². The number of nitro benzene ring substituents is 1. The highest BCUT2D eigenvalue weighted by atomic mass is 32.1. The Hall–Kier alpha value is -2.28. The number of allylic oxidation sites excluding steroid dienone is 1.